The van der Waals surface area contributed by atoms with Crippen LogP contribution in [0, 0.1) is 5.92 Å². The minimum Gasteiger partial charge on any atom is -0.316 e. The summed E-state index contributed by atoms with van der Waals surface area (Å²) in [6, 6.07) is 9.04. The molecule has 1 nitrogen and oxygen atoms in total. The Labute approximate surface area is 111 Å². The van der Waals surface area contributed by atoms with Crippen LogP contribution in [0.5, 0.6) is 0 Å². The third-order valence-corrected chi connectivity index (χ3v) is 4.84. The van der Waals surface area contributed by atoms with Gasteiger partial charge in [0.1, 0.15) is 0 Å². The van der Waals surface area contributed by atoms with E-state index in [-0.39, 0.29) is 0 Å². The largest absolute Gasteiger partial charge is 0.316 e. The van der Waals surface area contributed by atoms with E-state index >= 15 is 0 Å². The number of aryl methyl sites for hydroxylation is 1. The summed E-state index contributed by atoms with van der Waals surface area (Å²) in [6.45, 7) is 2.41. The molecule has 2 aliphatic rings. The highest BCUT2D eigenvalue weighted by atomic mass is 14.9. The maximum Gasteiger partial charge on any atom is 0.00202 e. The molecule has 1 atom stereocenters. The highest BCUT2D eigenvalue weighted by molar-refractivity contribution is 5.32. The lowest BCUT2D eigenvalue weighted by Gasteiger charge is -2.28. The van der Waals surface area contributed by atoms with Gasteiger partial charge in [0.2, 0.25) is 0 Å². The second-order valence-electron chi connectivity index (χ2n) is 6.08. The summed E-state index contributed by atoms with van der Waals surface area (Å²) < 4.78 is 0. The Bertz CT molecular complexity index is 381. The molecule has 0 spiro atoms. The maximum atomic E-state index is 3.70. The second-order valence-corrected chi connectivity index (χ2v) is 6.08. The summed E-state index contributed by atoms with van der Waals surface area (Å²) >= 11 is 0. The van der Waals surface area contributed by atoms with Crippen LogP contribution < -0.4 is 5.32 Å². The third kappa shape index (κ3) is 2.77. The molecule has 1 unspecified atom stereocenters. The van der Waals surface area contributed by atoms with Gasteiger partial charge in [-0.3, -0.25) is 0 Å². The van der Waals surface area contributed by atoms with Crippen molar-refractivity contribution in [2.75, 3.05) is 13.1 Å². The molecule has 18 heavy (non-hydrogen) atoms. The Hall–Kier alpha value is -0.820. The van der Waals surface area contributed by atoms with E-state index in [4.69, 9.17) is 0 Å². The second kappa shape index (κ2) is 5.88. The molecule has 1 fully saturated rings. The van der Waals surface area contributed by atoms with Crippen LogP contribution in [0.1, 0.15) is 55.6 Å². The van der Waals surface area contributed by atoms with Crippen molar-refractivity contribution >= 4 is 0 Å². The summed E-state index contributed by atoms with van der Waals surface area (Å²) in [4.78, 5) is 0. The van der Waals surface area contributed by atoms with Crippen LogP contribution in [-0.4, -0.2) is 13.1 Å². The van der Waals surface area contributed by atoms with Gasteiger partial charge in [-0.1, -0.05) is 43.5 Å². The molecule has 1 N–H and O–H groups in total. The number of benzene rings is 1. The van der Waals surface area contributed by atoms with E-state index in [1.165, 1.54) is 58.0 Å². The summed E-state index contributed by atoms with van der Waals surface area (Å²) in [5.41, 5.74) is 3.20. The smallest absolute Gasteiger partial charge is 0.00202 e. The highest BCUT2D eigenvalue weighted by Gasteiger charge is 2.20. The summed E-state index contributed by atoms with van der Waals surface area (Å²) in [5, 5.41) is 3.70. The van der Waals surface area contributed by atoms with Gasteiger partial charge in [0, 0.05) is 6.54 Å². The van der Waals surface area contributed by atoms with Gasteiger partial charge in [-0.25, -0.2) is 0 Å². The van der Waals surface area contributed by atoms with Gasteiger partial charge in [-0.15, -0.1) is 0 Å². The lowest BCUT2D eigenvalue weighted by atomic mass is 9.82. The molecule has 0 heterocycles. The van der Waals surface area contributed by atoms with Crippen molar-refractivity contribution in [3.63, 3.8) is 0 Å². The summed E-state index contributed by atoms with van der Waals surface area (Å²) in [6.07, 6.45) is 9.85. The predicted molar refractivity (Wildman–Crippen MR) is 76.9 cm³/mol. The van der Waals surface area contributed by atoms with Gasteiger partial charge in [0.15, 0.2) is 0 Å². The molecule has 1 aromatic rings. The zero-order valence-corrected chi connectivity index (χ0v) is 11.3. The fraction of sp³-hybridized carbons (Fsp3) is 0.647. The van der Waals surface area contributed by atoms with Crippen molar-refractivity contribution in [1.29, 1.82) is 0 Å². The fourth-order valence-electron chi connectivity index (χ4n) is 3.43. The van der Waals surface area contributed by atoms with Gasteiger partial charge in [0.25, 0.3) is 0 Å². The van der Waals surface area contributed by atoms with E-state index in [1.807, 2.05) is 0 Å². The molecule has 0 bridgehead atoms. The number of rotatable bonds is 5. The average Bonchev–Trinajstić information content (AvgIpc) is 2.36. The lowest BCUT2D eigenvalue weighted by Crippen LogP contribution is -2.27. The van der Waals surface area contributed by atoms with E-state index in [1.54, 1.807) is 11.1 Å². The summed E-state index contributed by atoms with van der Waals surface area (Å²) in [5.74, 6) is 1.80. The van der Waals surface area contributed by atoms with Crippen molar-refractivity contribution in [3.05, 3.63) is 35.4 Å². The van der Waals surface area contributed by atoms with Gasteiger partial charge in [-0.05, 0) is 55.2 Å². The zero-order chi connectivity index (χ0) is 12.2. The molecule has 2 aliphatic carbocycles. The Morgan fingerprint density at radius 2 is 1.94 bits per heavy atom. The van der Waals surface area contributed by atoms with Crippen LogP contribution in [0.15, 0.2) is 24.3 Å². The molecule has 0 aliphatic heterocycles. The van der Waals surface area contributed by atoms with Gasteiger partial charge in [0.05, 0.1) is 0 Å². The van der Waals surface area contributed by atoms with Gasteiger partial charge in [-0.2, -0.15) is 0 Å². The van der Waals surface area contributed by atoms with Gasteiger partial charge < -0.3 is 5.32 Å². The van der Waals surface area contributed by atoms with Crippen LogP contribution in [0.3, 0.4) is 0 Å². The first-order valence-electron chi connectivity index (χ1n) is 7.72. The van der Waals surface area contributed by atoms with E-state index in [0.717, 1.165) is 11.8 Å². The zero-order valence-electron chi connectivity index (χ0n) is 11.3. The number of nitrogens with one attached hydrogen (secondary N) is 1. The molecule has 0 radical (unpaired) electrons. The SMILES string of the molecule is c1ccc2c(c1)CCCC2CNCCC1CCC1. The van der Waals surface area contributed by atoms with Crippen LogP contribution in [0.2, 0.25) is 0 Å². The molecule has 1 aromatic carbocycles. The van der Waals surface area contributed by atoms with Crippen molar-refractivity contribution in [3.8, 4) is 0 Å². The van der Waals surface area contributed by atoms with Crippen LogP contribution >= 0.6 is 0 Å². The predicted octanol–water partition coefficient (Wildman–Crippen LogP) is 3.89. The highest BCUT2D eigenvalue weighted by Crippen LogP contribution is 2.31. The molecular formula is C17H25N. The third-order valence-electron chi connectivity index (χ3n) is 4.84. The van der Waals surface area contributed by atoms with E-state index in [0.29, 0.717) is 0 Å². The van der Waals surface area contributed by atoms with Crippen LogP contribution in [-0.2, 0) is 6.42 Å². The Morgan fingerprint density at radius 3 is 2.78 bits per heavy atom. The Balaban J connectivity index is 1.47. The molecule has 1 saturated carbocycles. The van der Waals surface area contributed by atoms with Crippen LogP contribution in [0.4, 0.5) is 0 Å². The number of hydrogen-bond acceptors (Lipinski definition) is 1. The molecule has 0 aromatic heterocycles. The van der Waals surface area contributed by atoms with Crippen LogP contribution in [0.25, 0.3) is 0 Å². The first kappa shape index (κ1) is 12.2. The van der Waals surface area contributed by atoms with Crippen molar-refractivity contribution in [2.24, 2.45) is 5.92 Å². The Morgan fingerprint density at radius 1 is 1.06 bits per heavy atom. The maximum absolute atomic E-state index is 3.70. The first-order chi connectivity index (χ1) is 8.93. The minimum absolute atomic E-state index is 0.761. The number of hydrogen-bond donors (Lipinski definition) is 1. The topological polar surface area (TPSA) is 12.0 Å². The fourth-order valence-corrected chi connectivity index (χ4v) is 3.43. The Kier molecular flexibility index (Phi) is 3.99. The molecule has 1 heteroatoms. The minimum atomic E-state index is 0.761. The number of fused-ring (bicyclic) bond motifs is 1. The molecular weight excluding hydrogens is 218 g/mol. The standard InChI is InChI=1S/C17H25N/c1-2-10-17-15(7-1)8-4-9-16(17)13-18-12-11-14-5-3-6-14/h1-2,7,10,14,16,18H,3-6,8-9,11-13H2. The average molecular weight is 243 g/mol. The molecule has 98 valence electrons. The normalized spacial score (nSPS) is 23.4. The van der Waals surface area contributed by atoms with E-state index in [2.05, 4.69) is 29.6 Å². The monoisotopic (exact) mass is 243 g/mol. The van der Waals surface area contributed by atoms with Crippen molar-refractivity contribution < 1.29 is 0 Å². The van der Waals surface area contributed by atoms with E-state index < -0.39 is 0 Å². The molecule has 0 saturated heterocycles. The van der Waals surface area contributed by atoms with Crippen molar-refractivity contribution in [1.82, 2.24) is 5.32 Å². The summed E-state index contributed by atoms with van der Waals surface area (Å²) in [7, 11) is 0. The molecule has 3 rings (SSSR count). The van der Waals surface area contributed by atoms with Crippen molar-refractivity contribution in [2.45, 2.75) is 50.9 Å². The van der Waals surface area contributed by atoms with E-state index in [9.17, 15) is 0 Å². The lowest BCUT2D eigenvalue weighted by molar-refractivity contribution is 0.291. The quantitative estimate of drug-likeness (QED) is 0.774. The molecule has 0 amide bonds. The van der Waals surface area contributed by atoms with Gasteiger partial charge >= 0.3 is 0 Å². The first-order valence-corrected chi connectivity index (χ1v) is 7.72.